The number of phenolic OH excluding ortho intramolecular Hbond substituents is 1. The van der Waals surface area contributed by atoms with Crippen LogP contribution in [0.3, 0.4) is 0 Å². The van der Waals surface area contributed by atoms with Gasteiger partial charge in [0.1, 0.15) is 10.8 Å². The lowest BCUT2D eigenvalue weighted by atomic mass is 10.1. The molecule has 6 nitrogen and oxygen atoms in total. The highest BCUT2D eigenvalue weighted by atomic mass is 32.1. The number of hydrogen-bond acceptors (Lipinski definition) is 7. The molecule has 4 aromatic rings. The van der Waals surface area contributed by atoms with Crippen molar-refractivity contribution >= 4 is 27.5 Å². The molecule has 0 saturated heterocycles. The standard InChI is InChI=1S/C18H15N5OS/c1-11-12(5-4-7-15(11)24)14-9-20-23-18(22-14)19-10-17-21-13-6-2-3-8-16(13)25-17/h2-9,24H,10H2,1H3,(H,19,22,23). The van der Waals surface area contributed by atoms with Gasteiger partial charge in [-0.1, -0.05) is 24.3 Å². The molecule has 0 radical (unpaired) electrons. The molecule has 0 aliphatic carbocycles. The van der Waals surface area contributed by atoms with E-state index in [2.05, 4.69) is 31.5 Å². The largest absolute Gasteiger partial charge is 0.508 e. The summed E-state index contributed by atoms with van der Waals surface area (Å²) < 4.78 is 1.16. The van der Waals surface area contributed by atoms with Crippen LogP contribution in [-0.4, -0.2) is 25.3 Å². The van der Waals surface area contributed by atoms with Gasteiger partial charge in [0.25, 0.3) is 0 Å². The van der Waals surface area contributed by atoms with E-state index in [-0.39, 0.29) is 5.75 Å². The minimum Gasteiger partial charge on any atom is -0.508 e. The van der Waals surface area contributed by atoms with Gasteiger partial charge >= 0.3 is 0 Å². The van der Waals surface area contributed by atoms with Crippen LogP contribution in [0, 0.1) is 6.92 Å². The lowest BCUT2D eigenvalue weighted by Gasteiger charge is -2.08. The molecule has 124 valence electrons. The third kappa shape index (κ3) is 3.14. The SMILES string of the molecule is Cc1c(O)cccc1-c1cnnc(NCc2nc3ccccc3s2)n1. The van der Waals surface area contributed by atoms with Gasteiger partial charge in [0.2, 0.25) is 5.95 Å². The van der Waals surface area contributed by atoms with Gasteiger partial charge in [-0.05, 0) is 25.1 Å². The van der Waals surface area contributed by atoms with Crippen molar-refractivity contribution < 1.29 is 5.11 Å². The first kappa shape index (κ1) is 15.5. The average molecular weight is 349 g/mol. The number of phenols is 1. The molecular formula is C18H15N5OS. The van der Waals surface area contributed by atoms with Gasteiger partial charge in [-0.25, -0.2) is 9.97 Å². The zero-order chi connectivity index (χ0) is 17.2. The highest BCUT2D eigenvalue weighted by Crippen LogP contribution is 2.28. The molecule has 0 amide bonds. The van der Waals surface area contributed by atoms with Crippen LogP contribution in [0.25, 0.3) is 21.5 Å². The van der Waals surface area contributed by atoms with Gasteiger partial charge in [0.05, 0.1) is 28.7 Å². The van der Waals surface area contributed by atoms with E-state index in [9.17, 15) is 5.11 Å². The van der Waals surface area contributed by atoms with Crippen LogP contribution in [0.4, 0.5) is 5.95 Å². The van der Waals surface area contributed by atoms with Crippen molar-refractivity contribution in [3.05, 3.63) is 59.2 Å². The predicted octanol–water partition coefficient (Wildman–Crippen LogP) is 3.77. The van der Waals surface area contributed by atoms with Crippen LogP contribution >= 0.6 is 11.3 Å². The van der Waals surface area contributed by atoms with E-state index in [0.717, 1.165) is 26.4 Å². The van der Waals surface area contributed by atoms with E-state index in [1.54, 1.807) is 29.7 Å². The summed E-state index contributed by atoms with van der Waals surface area (Å²) in [5, 5.41) is 22.0. The number of rotatable bonds is 4. The number of anilines is 1. The molecular weight excluding hydrogens is 334 g/mol. The Bertz CT molecular complexity index is 1010. The van der Waals surface area contributed by atoms with Crippen LogP contribution in [0.2, 0.25) is 0 Å². The molecule has 25 heavy (non-hydrogen) atoms. The molecule has 0 saturated carbocycles. The molecule has 2 aromatic heterocycles. The van der Waals surface area contributed by atoms with Crippen LogP contribution in [0.1, 0.15) is 10.6 Å². The smallest absolute Gasteiger partial charge is 0.243 e. The van der Waals surface area contributed by atoms with E-state index in [1.807, 2.05) is 31.2 Å². The first-order valence-corrected chi connectivity index (χ1v) is 8.59. The van der Waals surface area contributed by atoms with Crippen LogP contribution in [-0.2, 0) is 6.54 Å². The van der Waals surface area contributed by atoms with Crippen molar-refractivity contribution in [3.63, 3.8) is 0 Å². The monoisotopic (exact) mass is 349 g/mol. The van der Waals surface area contributed by atoms with Crippen LogP contribution in [0.15, 0.2) is 48.7 Å². The second-order valence-electron chi connectivity index (χ2n) is 5.54. The van der Waals surface area contributed by atoms with Crippen molar-refractivity contribution in [1.82, 2.24) is 20.2 Å². The van der Waals surface area contributed by atoms with Crippen molar-refractivity contribution in [1.29, 1.82) is 0 Å². The normalized spacial score (nSPS) is 10.9. The molecule has 7 heteroatoms. The second-order valence-corrected chi connectivity index (χ2v) is 6.66. The number of para-hydroxylation sites is 1. The van der Waals surface area contributed by atoms with Gasteiger partial charge in [-0.15, -0.1) is 16.4 Å². The molecule has 0 fully saturated rings. The maximum atomic E-state index is 9.87. The molecule has 0 atom stereocenters. The Morgan fingerprint density at radius 3 is 2.84 bits per heavy atom. The van der Waals surface area contributed by atoms with Crippen LogP contribution < -0.4 is 5.32 Å². The number of nitrogens with one attached hydrogen (secondary N) is 1. The average Bonchev–Trinajstić information content (AvgIpc) is 3.05. The molecule has 2 heterocycles. The summed E-state index contributed by atoms with van der Waals surface area (Å²) in [7, 11) is 0. The molecule has 0 aliphatic rings. The number of aromatic nitrogens is 4. The number of hydrogen-bond donors (Lipinski definition) is 2. The highest BCUT2D eigenvalue weighted by Gasteiger charge is 2.09. The van der Waals surface area contributed by atoms with E-state index >= 15 is 0 Å². The lowest BCUT2D eigenvalue weighted by molar-refractivity contribution is 0.471. The minimum absolute atomic E-state index is 0.236. The van der Waals surface area contributed by atoms with Crippen molar-refractivity contribution in [2.24, 2.45) is 0 Å². The summed E-state index contributed by atoms with van der Waals surface area (Å²) in [6.45, 7) is 2.38. The topological polar surface area (TPSA) is 83.8 Å². The minimum atomic E-state index is 0.236. The van der Waals surface area contributed by atoms with Crippen molar-refractivity contribution in [3.8, 4) is 17.0 Å². The third-order valence-corrected chi connectivity index (χ3v) is 4.91. The maximum absolute atomic E-state index is 9.87. The molecule has 2 aromatic carbocycles. The van der Waals surface area contributed by atoms with E-state index in [4.69, 9.17) is 0 Å². The first-order valence-electron chi connectivity index (χ1n) is 7.78. The van der Waals surface area contributed by atoms with Gasteiger partial charge in [-0.3, -0.25) is 0 Å². The fourth-order valence-electron chi connectivity index (χ4n) is 2.56. The zero-order valence-corrected chi connectivity index (χ0v) is 14.3. The lowest BCUT2D eigenvalue weighted by Crippen LogP contribution is -2.05. The number of benzene rings is 2. The third-order valence-electron chi connectivity index (χ3n) is 3.88. The summed E-state index contributed by atoms with van der Waals surface area (Å²) in [5.74, 6) is 0.666. The molecule has 0 aliphatic heterocycles. The Balaban J connectivity index is 1.56. The summed E-state index contributed by atoms with van der Waals surface area (Å²) >= 11 is 1.64. The molecule has 0 unspecified atom stereocenters. The fraction of sp³-hybridized carbons (Fsp3) is 0.111. The van der Waals surface area contributed by atoms with Crippen molar-refractivity contribution in [2.75, 3.05) is 5.32 Å². The summed E-state index contributed by atoms with van der Waals surface area (Å²) in [4.78, 5) is 9.08. The predicted molar refractivity (Wildman–Crippen MR) is 98.6 cm³/mol. The van der Waals surface area contributed by atoms with E-state index in [0.29, 0.717) is 18.2 Å². The molecule has 0 spiro atoms. The van der Waals surface area contributed by atoms with Gasteiger partial charge in [0.15, 0.2) is 0 Å². The quantitative estimate of drug-likeness (QED) is 0.583. The Morgan fingerprint density at radius 1 is 1.08 bits per heavy atom. The fourth-order valence-corrected chi connectivity index (χ4v) is 3.47. The Morgan fingerprint density at radius 2 is 1.96 bits per heavy atom. The highest BCUT2D eigenvalue weighted by molar-refractivity contribution is 7.18. The zero-order valence-electron chi connectivity index (χ0n) is 13.5. The summed E-state index contributed by atoms with van der Waals surface area (Å²) in [5.41, 5.74) is 3.25. The number of nitrogens with zero attached hydrogens (tertiary/aromatic N) is 4. The van der Waals surface area contributed by atoms with Gasteiger partial charge < -0.3 is 10.4 Å². The Hall–Kier alpha value is -3.06. The first-order chi connectivity index (χ1) is 12.2. The Kier molecular flexibility index (Phi) is 3.99. The molecule has 0 bridgehead atoms. The number of thiazole rings is 1. The Labute approximate surface area is 148 Å². The number of aromatic hydroxyl groups is 1. The van der Waals surface area contributed by atoms with Crippen LogP contribution in [0.5, 0.6) is 5.75 Å². The van der Waals surface area contributed by atoms with E-state index < -0.39 is 0 Å². The summed E-state index contributed by atoms with van der Waals surface area (Å²) in [6, 6.07) is 13.4. The molecule has 4 rings (SSSR count). The van der Waals surface area contributed by atoms with E-state index in [1.165, 1.54) is 0 Å². The van der Waals surface area contributed by atoms with Gasteiger partial charge in [-0.2, -0.15) is 5.10 Å². The van der Waals surface area contributed by atoms with Crippen molar-refractivity contribution in [2.45, 2.75) is 13.5 Å². The van der Waals surface area contributed by atoms with Gasteiger partial charge in [0, 0.05) is 11.1 Å². The maximum Gasteiger partial charge on any atom is 0.243 e. The number of fused-ring (bicyclic) bond motifs is 1. The summed E-state index contributed by atoms with van der Waals surface area (Å²) in [6.07, 6.45) is 1.59. The molecule has 2 N–H and O–H groups in total. The second kappa shape index (κ2) is 6.45.